The summed E-state index contributed by atoms with van der Waals surface area (Å²) in [6, 6.07) is 14.1. The van der Waals surface area contributed by atoms with Crippen LogP contribution in [-0.2, 0) is 9.84 Å². The third-order valence-corrected chi connectivity index (χ3v) is 4.64. The maximum atomic E-state index is 11.4. The second kappa shape index (κ2) is 5.40. The number of rotatable bonds is 5. The van der Waals surface area contributed by atoms with Crippen molar-refractivity contribution in [3.05, 3.63) is 42.5 Å². The Labute approximate surface area is 108 Å². The first kappa shape index (κ1) is 12.9. The molecule has 4 heteroatoms. The van der Waals surface area contributed by atoms with Crippen molar-refractivity contribution in [3.8, 4) is 0 Å². The Balaban J connectivity index is 2.04. The van der Waals surface area contributed by atoms with Gasteiger partial charge in [-0.1, -0.05) is 37.3 Å². The van der Waals surface area contributed by atoms with E-state index in [1.165, 1.54) is 5.39 Å². The molecule has 0 aliphatic heterocycles. The van der Waals surface area contributed by atoms with Crippen LogP contribution in [-0.4, -0.2) is 26.5 Å². The van der Waals surface area contributed by atoms with Gasteiger partial charge in [-0.05, 0) is 22.9 Å². The summed E-state index contributed by atoms with van der Waals surface area (Å²) < 4.78 is 22.7. The third kappa shape index (κ3) is 3.23. The molecule has 0 heterocycles. The van der Waals surface area contributed by atoms with Crippen LogP contribution < -0.4 is 5.32 Å². The van der Waals surface area contributed by atoms with Crippen molar-refractivity contribution >= 4 is 26.3 Å². The summed E-state index contributed by atoms with van der Waals surface area (Å²) in [5.74, 6) is 0.378. The molecule has 96 valence electrons. The quantitative estimate of drug-likeness (QED) is 0.902. The highest BCUT2D eigenvalue weighted by molar-refractivity contribution is 7.91. The summed E-state index contributed by atoms with van der Waals surface area (Å²) in [5.41, 5.74) is 0.958. The standard InChI is InChI=1S/C14H17NO2S/c1-2-18(16,17)10-9-15-14-8-7-12-5-3-4-6-13(12)11-14/h3-8,11,15H,2,9-10H2,1H3. The van der Waals surface area contributed by atoms with Crippen molar-refractivity contribution in [2.24, 2.45) is 0 Å². The summed E-state index contributed by atoms with van der Waals surface area (Å²) in [6.07, 6.45) is 0. The van der Waals surface area contributed by atoms with Gasteiger partial charge in [0.15, 0.2) is 9.84 Å². The fraction of sp³-hybridized carbons (Fsp3) is 0.286. The maximum absolute atomic E-state index is 11.4. The first-order chi connectivity index (χ1) is 8.61. The fourth-order valence-corrected chi connectivity index (χ4v) is 2.50. The minimum atomic E-state index is -2.89. The van der Waals surface area contributed by atoms with Crippen molar-refractivity contribution < 1.29 is 8.42 Å². The predicted molar refractivity (Wildman–Crippen MR) is 76.8 cm³/mol. The number of hydrogen-bond donors (Lipinski definition) is 1. The molecule has 18 heavy (non-hydrogen) atoms. The number of anilines is 1. The summed E-state index contributed by atoms with van der Waals surface area (Å²) >= 11 is 0. The van der Waals surface area contributed by atoms with Gasteiger partial charge in [-0.2, -0.15) is 0 Å². The lowest BCUT2D eigenvalue weighted by Crippen LogP contribution is -2.17. The van der Waals surface area contributed by atoms with Crippen molar-refractivity contribution in [3.63, 3.8) is 0 Å². The van der Waals surface area contributed by atoms with Crippen molar-refractivity contribution in [2.45, 2.75) is 6.92 Å². The first-order valence-corrected chi connectivity index (χ1v) is 7.86. The van der Waals surface area contributed by atoms with Gasteiger partial charge in [0.2, 0.25) is 0 Å². The monoisotopic (exact) mass is 263 g/mol. The Morgan fingerprint density at radius 2 is 1.78 bits per heavy atom. The minimum Gasteiger partial charge on any atom is -0.384 e. The maximum Gasteiger partial charge on any atom is 0.151 e. The second-order valence-electron chi connectivity index (χ2n) is 4.23. The molecule has 0 spiro atoms. The number of hydrogen-bond acceptors (Lipinski definition) is 3. The van der Waals surface area contributed by atoms with E-state index in [4.69, 9.17) is 0 Å². The molecule has 0 bridgehead atoms. The summed E-state index contributed by atoms with van der Waals surface area (Å²) in [5, 5.41) is 5.49. The highest BCUT2D eigenvalue weighted by atomic mass is 32.2. The molecule has 0 aliphatic rings. The average molecular weight is 263 g/mol. The van der Waals surface area contributed by atoms with Crippen molar-refractivity contribution in [2.75, 3.05) is 23.4 Å². The van der Waals surface area contributed by atoms with E-state index in [0.29, 0.717) is 6.54 Å². The predicted octanol–water partition coefficient (Wildman–Crippen LogP) is 2.69. The van der Waals surface area contributed by atoms with Gasteiger partial charge in [-0.25, -0.2) is 8.42 Å². The molecular weight excluding hydrogens is 246 g/mol. The topological polar surface area (TPSA) is 46.2 Å². The molecule has 2 rings (SSSR count). The van der Waals surface area contributed by atoms with Crippen LogP contribution in [0.5, 0.6) is 0 Å². The molecule has 0 fully saturated rings. The summed E-state index contributed by atoms with van der Waals surface area (Å²) in [4.78, 5) is 0. The number of fused-ring (bicyclic) bond motifs is 1. The largest absolute Gasteiger partial charge is 0.384 e. The lowest BCUT2D eigenvalue weighted by molar-refractivity contribution is 0.597. The minimum absolute atomic E-state index is 0.177. The molecule has 0 atom stereocenters. The zero-order chi connectivity index (χ0) is 13.0. The first-order valence-electron chi connectivity index (χ1n) is 6.04. The Morgan fingerprint density at radius 3 is 2.50 bits per heavy atom. The van der Waals surface area contributed by atoms with Crippen LogP contribution in [0.15, 0.2) is 42.5 Å². The van der Waals surface area contributed by atoms with Crippen LogP contribution in [0.1, 0.15) is 6.92 Å². The molecule has 0 unspecified atom stereocenters. The summed E-state index contributed by atoms with van der Waals surface area (Å²) in [6.45, 7) is 2.12. The molecule has 3 nitrogen and oxygen atoms in total. The van der Waals surface area contributed by atoms with E-state index in [2.05, 4.69) is 11.4 Å². The fourth-order valence-electron chi connectivity index (χ4n) is 1.79. The van der Waals surface area contributed by atoms with Crippen LogP contribution in [0.2, 0.25) is 0 Å². The van der Waals surface area contributed by atoms with E-state index < -0.39 is 9.84 Å². The van der Waals surface area contributed by atoms with Crippen LogP contribution in [0, 0.1) is 0 Å². The van der Waals surface area contributed by atoms with Crippen LogP contribution in [0.3, 0.4) is 0 Å². The Bertz CT molecular complexity index is 635. The van der Waals surface area contributed by atoms with E-state index in [-0.39, 0.29) is 11.5 Å². The number of nitrogens with one attached hydrogen (secondary N) is 1. The van der Waals surface area contributed by atoms with Gasteiger partial charge in [-0.3, -0.25) is 0 Å². The molecule has 2 aromatic carbocycles. The molecule has 0 aliphatic carbocycles. The Morgan fingerprint density at radius 1 is 1.06 bits per heavy atom. The Kier molecular flexibility index (Phi) is 3.87. The van der Waals surface area contributed by atoms with Crippen LogP contribution in [0.4, 0.5) is 5.69 Å². The van der Waals surface area contributed by atoms with E-state index in [1.807, 2.05) is 36.4 Å². The molecule has 0 aromatic heterocycles. The SMILES string of the molecule is CCS(=O)(=O)CCNc1ccc2ccccc2c1. The molecule has 0 radical (unpaired) electrons. The highest BCUT2D eigenvalue weighted by Crippen LogP contribution is 2.18. The van der Waals surface area contributed by atoms with E-state index in [1.54, 1.807) is 6.92 Å². The van der Waals surface area contributed by atoms with Gasteiger partial charge in [0.1, 0.15) is 0 Å². The van der Waals surface area contributed by atoms with Gasteiger partial charge in [0, 0.05) is 18.0 Å². The molecule has 0 saturated carbocycles. The van der Waals surface area contributed by atoms with Gasteiger partial charge in [-0.15, -0.1) is 0 Å². The van der Waals surface area contributed by atoms with Gasteiger partial charge in [0.25, 0.3) is 0 Å². The molecule has 0 saturated heterocycles. The molecule has 0 amide bonds. The van der Waals surface area contributed by atoms with E-state index in [9.17, 15) is 8.42 Å². The molecular formula is C14H17NO2S. The van der Waals surface area contributed by atoms with Gasteiger partial charge in [0.05, 0.1) is 5.75 Å². The smallest absolute Gasteiger partial charge is 0.151 e. The lowest BCUT2D eigenvalue weighted by Gasteiger charge is -2.07. The number of sulfone groups is 1. The van der Waals surface area contributed by atoms with Gasteiger partial charge >= 0.3 is 0 Å². The zero-order valence-corrected chi connectivity index (χ0v) is 11.2. The zero-order valence-electron chi connectivity index (χ0n) is 10.4. The van der Waals surface area contributed by atoms with E-state index >= 15 is 0 Å². The Hall–Kier alpha value is -1.55. The second-order valence-corrected chi connectivity index (χ2v) is 6.70. The van der Waals surface area contributed by atoms with Crippen LogP contribution in [0.25, 0.3) is 10.8 Å². The molecule has 1 N–H and O–H groups in total. The molecule has 2 aromatic rings. The number of benzene rings is 2. The van der Waals surface area contributed by atoms with E-state index in [0.717, 1.165) is 11.1 Å². The van der Waals surface area contributed by atoms with Crippen molar-refractivity contribution in [1.82, 2.24) is 0 Å². The van der Waals surface area contributed by atoms with Crippen molar-refractivity contribution in [1.29, 1.82) is 0 Å². The van der Waals surface area contributed by atoms with Gasteiger partial charge < -0.3 is 5.32 Å². The normalized spacial score (nSPS) is 11.6. The van der Waals surface area contributed by atoms with Crippen LogP contribution >= 0.6 is 0 Å². The lowest BCUT2D eigenvalue weighted by atomic mass is 10.1. The third-order valence-electron chi connectivity index (χ3n) is 2.93. The highest BCUT2D eigenvalue weighted by Gasteiger charge is 2.06. The summed E-state index contributed by atoms with van der Waals surface area (Å²) in [7, 11) is -2.89. The average Bonchev–Trinajstić information content (AvgIpc) is 2.38.